The summed E-state index contributed by atoms with van der Waals surface area (Å²) in [6.07, 6.45) is 0.680. The molecule has 1 saturated heterocycles. The van der Waals surface area contributed by atoms with Crippen molar-refractivity contribution in [1.29, 1.82) is 0 Å². The Kier molecular flexibility index (Phi) is 4.84. The SMILES string of the molecule is Cc1cccc(N)c1N1CCCN(C(=O)OC(C)(C)C)CC1. The predicted molar refractivity (Wildman–Crippen MR) is 90.2 cm³/mol. The van der Waals surface area contributed by atoms with Crippen molar-refractivity contribution in [3.05, 3.63) is 23.8 Å². The predicted octanol–water partition coefficient (Wildman–Crippen LogP) is 3.02. The van der Waals surface area contributed by atoms with Crippen LogP contribution in [0, 0.1) is 6.92 Å². The molecule has 0 aliphatic carbocycles. The Morgan fingerprint density at radius 1 is 1.18 bits per heavy atom. The maximum Gasteiger partial charge on any atom is 0.410 e. The number of anilines is 2. The summed E-state index contributed by atoms with van der Waals surface area (Å²) < 4.78 is 5.46. The smallest absolute Gasteiger partial charge is 0.410 e. The monoisotopic (exact) mass is 305 g/mol. The molecule has 22 heavy (non-hydrogen) atoms. The molecular weight excluding hydrogens is 278 g/mol. The van der Waals surface area contributed by atoms with Gasteiger partial charge in [-0.05, 0) is 45.7 Å². The van der Waals surface area contributed by atoms with Crippen LogP contribution in [0.5, 0.6) is 0 Å². The normalized spacial score (nSPS) is 16.4. The molecule has 1 amide bonds. The zero-order chi connectivity index (χ0) is 16.3. The van der Waals surface area contributed by atoms with Crippen molar-refractivity contribution in [2.24, 2.45) is 0 Å². The van der Waals surface area contributed by atoms with E-state index >= 15 is 0 Å². The van der Waals surface area contributed by atoms with Gasteiger partial charge in [-0.15, -0.1) is 0 Å². The molecule has 0 spiro atoms. The van der Waals surface area contributed by atoms with E-state index < -0.39 is 5.60 Å². The Morgan fingerprint density at radius 2 is 1.91 bits per heavy atom. The minimum atomic E-state index is -0.455. The van der Waals surface area contributed by atoms with Crippen molar-refractivity contribution < 1.29 is 9.53 Å². The zero-order valence-corrected chi connectivity index (χ0v) is 14.1. The van der Waals surface area contributed by atoms with Gasteiger partial charge in [0.1, 0.15) is 5.60 Å². The molecule has 5 heteroatoms. The number of carbonyl (C=O) groups is 1. The van der Waals surface area contributed by atoms with Crippen LogP contribution in [0.2, 0.25) is 0 Å². The molecule has 2 N–H and O–H groups in total. The Hall–Kier alpha value is -1.91. The maximum atomic E-state index is 12.2. The van der Waals surface area contributed by atoms with E-state index in [-0.39, 0.29) is 6.09 Å². The minimum absolute atomic E-state index is 0.230. The number of nitrogen functional groups attached to an aromatic ring is 1. The van der Waals surface area contributed by atoms with E-state index in [1.807, 2.05) is 32.9 Å². The highest BCUT2D eigenvalue weighted by Gasteiger charge is 2.25. The van der Waals surface area contributed by atoms with Gasteiger partial charge in [-0.2, -0.15) is 0 Å². The Labute approximate surface area is 133 Å². The van der Waals surface area contributed by atoms with Gasteiger partial charge in [0.25, 0.3) is 0 Å². The lowest BCUT2D eigenvalue weighted by Crippen LogP contribution is -2.39. The molecule has 1 aromatic carbocycles. The molecule has 0 atom stereocenters. The lowest BCUT2D eigenvalue weighted by atomic mass is 10.1. The summed E-state index contributed by atoms with van der Waals surface area (Å²) in [5.41, 5.74) is 8.74. The van der Waals surface area contributed by atoms with Crippen LogP contribution in [0.1, 0.15) is 32.8 Å². The molecule has 1 aliphatic heterocycles. The largest absolute Gasteiger partial charge is 0.444 e. The molecule has 2 rings (SSSR count). The molecule has 0 aromatic heterocycles. The second kappa shape index (κ2) is 6.46. The summed E-state index contributed by atoms with van der Waals surface area (Å²) in [5.74, 6) is 0. The summed E-state index contributed by atoms with van der Waals surface area (Å²) in [6.45, 7) is 10.8. The highest BCUT2D eigenvalue weighted by Crippen LogP contribution is 2.28. The van der Waals surface area contributed by atoms with Crippen LogP contribution < -0.4 is 10.6 Å². The molecule has 1 heterocycles. The molecule has 1 aromatic rings. The van der Waals surface area contributed by atoms with Gasteiger partial charge in [-0.3, -0.25) is 0 Å². The first-order valence-corrected chi connectivity index (χ1v) is 7.86. The van der Waals surface area contributed by atoms with Gasteiger partial charge in [-0.1, -0.05) is 12.1 Å². The van der Waals surface area contributed by atoms with Crippen LogP contribution in [-0.4, -0.2) is 42.8 Å². The molecule has 1 aliphatic rings. The molecule has 0 saturated carbocycles. The van der Waals surface area contributed by atoms with Crippen molar-refractivity contribution in [3.8, 4) is 0 Å². The molecule has 1 fully saturated rings. The van der Waals surface area contributed by atoms with Crippen molar-refractivity contribution in [3.63, 3.8) is 0 Å². The average Bonchev–Trinajstić information content (AvgIpc) is 2.62. The number of carbonyl (C=O) groups excluding carboxylic acids is 1. The summed E-state index contributed by atoms with van der Waals surface area (Å²) in [7, 11) is 0. The van der Waals surface area contributed by atoms with Crippen molar-refractivity contribution in [1.82, 2.24) is 4.90 Å². The number of aryl methyl sites for hydroxylation is 1. The highest BCUT2D eigenvalue weighted by atomic mass is 16.6. The molecule has 0 unspecified atom stereocenters. The Morgan fingerprint density at radius 3 is 2.55 bits per heavy atom. The third-order valence-electron chi connectivity index (χ3n) is 3.73. The van der Waals surface area contributed by atoms with E-state index in [1.165, 1.54) is 5.56 Å². The fourth-order valence-electron chi connectivity index (χ4n) is 2.76. The van der Waals surface area contributed by atoms with Crippen LogP contribution in [0.4, 0.5) is 16.2 Å². The first-order valence-electron chi connectivity index (χ1n) is 7.86. The van der Waals surface area contributed by atoms with Gasteiger partial charge in [0.15, 0.2) is 0 Å². The topological polar surface area (TPSA) is 58.8 Å². The Bertz CT molecular complexity index is 517. The highest BCUT2D eigenvalue weighted by molar-refractivity contribution is 5.72. The van der Waals surface area contributed by atoms with E-state index in [4.69, 9.17) is 10.5 Å². The van der Waals surface area contributed by atoms with E-state index in [1.54, 1.807) is 4.90 Å². The summed E-state index contributed by atoms with van der Waals surface area (Å²) in [6, 6.07) is 5.97. The van der Waals surface area contributed by atoms with Crippen molar-refractivity contribution in [2.75, 3.05) is 36.8 Å². The van der Waals surface area contributed by atoms with Gasteiger partial charge >= 0.3 is 6.09 Å². The lowest BCUT2D eigenvalue weighted by molar-refractivity contribution is 0.0263. The molecule has 0 bridgehead atoms. The van der Waals surface area contributed by atoms with Gasteiger partial charge in [0, 0.05) is 26.2 Å². The number of hydrogen-bond acceptors (Lipinski definition) is 4. The van der Waals surface area contributed by atoms with Crippen LogP contribution in [0.25, 0.3) is 0 Å². The van der Waals surface area contributed by atoms with E-state index in [0.717, 1.165) is 37.4 Å². The van der Waals surface area contributed by atoms with Gasteiger partial charge in [0.2, 0.25) is 0 Å². The third-order valence-corrected chi connectivity index (χ3v) is 3.73. The number of para-hydroxylation sites is 1. The molecular formula is C17H27N3O2. The lowest BCUT2D eigenvalue weighted by Gasteiger charge is -2.28. The van der Waals surface area contributed by atoms with E-state index in [2.05, 4.69) is 17.9 Å². The van der Waals surface area contributed by atoms with Gasteiger partial charge < -0.3 is 20.3 Å². The second-order valence-corrected chi connectivity index (χ2v) is 6.82. The number of benzene rings is 1. The molecule has 5 nitrogen and oxygen atoms in total. The average molecular weight is 305 g/mol. The number of nitrogens with zero attached hydrogens (tertiary/aromatic N) is 2. The fraction of sp³-hybridized carbons (Fsp3) is 0.588. The first-order chi connectivity index (χ1) is 10.3. The summed E-state index contributed by atoms with van der Waals surface area (Å²) in [4.78, 5) is 16.3. The van der Waals surface area contributed by atoms with Crippen LogP contribution in [0.15, 0.2) is 18.2 Å². The number of rotatable bonds is 1. The van der Waals surface area contributed by atoms with E-state index in [9.17, 15) is 4.79 Å². The van der Waals surface area contributed by atoms with Crippen molar-refractivity contribution in [2.45, 2.75) is 39.7 Å². The first kappa shape index (κ1) is 16.5. The number of ether oxygens (including phenoxy) is 1. The van der Waals surface area contributed by atoms with Crippen LogP contribution in [0.3, 0.4) is 0 Å². The van der Waals surface area contributed by atoms with Gasteiger partial charge in [-0.25, -0.2) is 4.79 Å². The fourth-order valence-corrected chi connectivity index (χ4v) is 2.76. The maximum absolute atomic E-state index is 12.2. The number of hydrogen-bond donors (Lipinski definition) is 1. The van der Waals surface area contributed by atoms with Crippen molar-refractivity contribution >= 4 is 17.5 Å². The molecule has 122 valence electrons. The Balaban J connectivity index is 2.05. The van der Waals surface area contributed by atoms with Crippen LogP contribution in [-0.2, 0) is 4.74 Å². The standard InChI is InChI=1S/C17H27N3O2/c1-13-7-5-8-14(18)15(13)19-9-6-10-20(12-11-19)16(21)22-17(2,3)4/h5,7-8H,6,9-12,18H2,1-4H3. The van der Waals surface area contributed by atoms with Crippen LogP contribution >= 0.6 is 0 Å². The number of amides is 1. The van der Waals surface area contributed by atoms with Gasteiger partial charge in [0.05, 0.1) is 11.4 Å². The number of nitrogens with two attached hydrogens (primary N) is 1. The zero-order valence-electron chi connectivity index (χ0n) is 14.1. The third kappa shape index (κ3) is 4.06. The minimum Gasteiger partial charge on any atom is -0.444 e. The second-order valence-electron chi connectivity index (χ2n) is 6.82. The molecule has 0 radical (unpaired) electrons. The summed E-state index contributed by atoms with van der Waals surface area (Å²) >= 11 is 0. The summed E-state index contributed by atoms with van der Waals surface area (Å²) in [5, 5.41) is 0. The van der Waals surface area contributed by atoms with E-state index in [0.29, 0.717) is 6.54 Å². The quantitative estimate of drug-likeness (QED) is 0.810.